The van der Waals surface area contributed by atoms with Gasteiger partial charge < -0.3 is 20.5 Å². The van der Waals surface area contributed by atoms with Gasteiger partial charge in [-0.1, -0.05) is 44.2 Å². The molecule has 5 rings (SSSR count). The third-order valence-corrected chi connectivity index (χ3v) is 7.97. The normalized spacial score (nSPS) is 13.7. The summed E-state index contributed by atoms with van der Waals surface area (Å²) in [4.78, 5) is 40.9. The van der Waals surface area contributed by atoms with Crippen LogP contribution < -0.4 is 10.6 Å². The minimum Gasteiger partial charge on any atom is -0.358 e. The summed E-state index contributed by atoms with van der Waals surface area (Å²) in [5.41, 5.74) is 7.37. The van der Waals surface area contributed by atoms with Crippen molar-refractivity contribution in [1.82, 2.24) is 25.2 Å². The zero-order valence-electron chi connectivity index (χ0n) is 22.6. The lowest BCUT2D eigenvalue weighted by molar-refractivity contribution is -0.110. The molecule has 39 heavy (non-hydrogen) atoms. The van der Waals surface area contributed by atoms with Crippen molar-refractivity contribution in [2.24, 2.45) is 0 Å². The van der Waals surface area contributed by atoms with Gasteiger partial charge in [0.15, 0.2) is 0 Å². The van der Waals surface area contributed by atoms with Crippen molar-refractivity contribution < 1.29 is 9.59 Å². The number of H-pyrrole nitrogens is 1. The van der Waals surface area contributed by atoms with Gasteiger partial charge in [0.1, 0.15) is 10.7 Å². The molecule has 4 aromatic rings. The van der Waals surface area contributed by atoms with Crippen molar-refractivity contribution in [3.63, 3.8) is 0 Å². The maximum absolute atomic E-state index is 13.0. The molecule has 0 atom stereocenters. The summed E-state index contributed by atoms with van der Waals surface area (Å²) >= 11 is 1.56. The van der Waals surface area contributed by atoms with E-state index in [0.29, 0.717) is 29.1 Å². The van der Waals surface area contributed by atoms with Gasteiger partial charge in [0.2, 0.25) is 0 Å². The van der Waals surface area contributed by atoms with E-state index in [1.807, 2.05) is 61.7 Å². The zero-order chi connectivity index (χ0) is 27.5. The lowest BCUT2D eigenvalue weighted by Crippen LogP contribution is -2.35. The van der Waals surface area contributed by atoms with Gasteiger partial charge in [0, 0.05) is 41.0 Å². The number of hydrogen-bond acceptors (Lipinski definition) is 6. The van der Waals surface area contributed by atoms with E-state index in [1.54, 1.807) is 17.5 Å². The number of benzene rings is 1. The fraction of sp³-hybridized carbons (Fsp3) is 0.267. The topological polar surface area (TPSA) is 103 Å². The largest absolute Gasteiger partial charge is 0.358 e. The van der Waals surface area contributed by atoms with Gasteiger partial charge in [0.05, 0.1) is 28.7 Å². The van der Waals surface area contributed by atoms with Crippen molar-refractivity contribution >= 4 is 40.5 Å². The van der Waals surface area contributed by atoms with Crippen LogP contribution in [0.5, 0.6) is 0 Å². The molecule has 0 saturated heterocycles. The minimum absolute atomic E-state index is 0.112. The summed E-state index contributed by atoms with van der Waals surface area (Å²) in [7, 11) is 0. The lowest BCUT2D eigenvalue weighted by Gasteiger charge is -2.18. The summed E-state index contributed by atoms with van der Waals surface area (Å²) in [5, 5.41) is 8.84. The number of carbonyl (C=O) groups excluding carboxylic acids is 2. The smallest absolute Gasteiger partial charge is 0.256 e. The fourth-order valence-electron chi connectivity index (χ4n) is 4.84. The van der Waals surface area contributed by atoms with Crippen LogP contribution in [0.4, 0.5) is 5.69 Å². The van der Waals surface area contributed by atoms with Crippen LogP contribution in [0.1, 0.15) is 46.7 Å². The summed E-state index contributed by atoms with van der Waals surface area (Å²) in [5.74, 6) is -0.317. The minimum atomic E-state index is -0.205. The van der Waals surface area contributed by atoms with Crippen LogP contribution in [0.15, 0.2) is 48.0 Å². The number of aromatic nitrogens is 3. The molecule has 3 N–H and O–H groups in total. The molecule has 3 aromatic heterocycles. The highest BCUT2D eigenvalue weighted by Gasteiger charge is 2.27. The molecule has 0 spiro atoms. The first kappa shape index (κ1) is 26.5. The highest BCUT2D eigenvalue weighted by atomic mass is 32.1. The number of pyridine rings is 1. The Hall–Kier alpha value is -4.08. The van der Waals surface area contributed by atoms with Crippen LogP contribution in [0.25, 0.3) is 33.6 Å². The second-order valence-electron chi connectivity index (χ2n) is 9.48. The summed E-state index contributed by atoms with van der Waals surface area (Å²) in [6.07, 6.45) is 3.49. The molecule has 0 fully saturated rings. The quantitative estimate of drug-likeness (QED) is 0.247. The van der Waals surface area contributed by atoms with E-state index < -0.39 is 0 Å². The number of aryl methyl sites for hydroxylation is 1. The number of aromatic amines is 1. The molecule has 0 radical (unpaired) electrons. The summed E-state index contributed by atoms with van der Waals surface area (Å²) < 4.78 is 0. The lowest BCUT2D eigenvalue weighted by atomic mass is 10.0. The summed E-state index contributed by atoms with van der Waals surface area (Å²) in [6, 6.07) is 11.9. The number of nitrogens with one attached hydrogen (secondary N) is 3. The van der Waals surface area contributed by atoms with E-state index in [4.69, 9.17) is 4.98 Å². The highest BCUT2D eigenvalue weighted by Crippen LogP contribution is 2.36. The Morgan fingerprint density at radius 2 is 1.90 bits per heavy atom. The molecular weight excluding hydrogens is 508 g/mol. The summed E-state index contributed by atoms with van der Waals surface area (Å²) in [6.45, 7) is 11.3. The predicted molar refractivity (Wildman–Crippen MR) is 158 cm³/mol. The van der Waals surface area contributed by atoms with Crippen LogP contribution >= 0.6 is 11.3 Å². The average molecular weight is 541 g/mol. The first-order valence-electron chi connectivity index (χ1n) is 13.1. The monoisotopic (exact) mass is 540 g/mol. The molecule has 8 nitrogen and oxygen atoms in total. The average Bonchev–Trinajstić information content (AvgIpc) is 3.63. The number of likely N-dealkylation sites (N-methyl/N-ethyl adjacent to an activating group) is 1. The van der Waals surface area contributed by atoms with Crippen LogP contribution in [-0.2, 0) is 4.79 Å². The van der Waals surface area contributed by atoms with E-state index in [1.165, 1.54) is 0 Å². The molecule has 0 aliphatic carbocycles. The van der Waals surface area contributed by atoms with Crippen molar-refractivity contribution in [2.75, 3.05) is 31.5 Å². The van der Waals surface area contributed by atoms with Crippen LogP contribution in [0.3, 0.4) is 0 Å². The molecule has 200 valence electrons. The van der Waals surface area contributed by atoms with Crippen molar-refractivity contribution in [2.45, 2.75) is 27.7 Å². The van der Waals surface area contributed by atoms with Gasteiger partial charge in [-0.05, 0) is 44.6 Å². The molecule has 1 aliphatic rings. The highest BCUT2D eigenvalue weighted by molar-refractivity contribution is 7.13. The zero-order valence-corrected chi connectivity index (χ0v) is 23.4. The van der Waals surface area contributed by atoms with Crippen molar-refractivity contribution in [1.29, 1.82) is 0 Å². The number of hydrogen-bond donors (Lipinski definition) is 3. The molecule has 2 amide bonds. The van der Waals surface area contributed by atoms with Crippen LogP contribution in [-0.4, -0.2) is 57.8 Å². The Morgan fingerprint density at radius 1 is 1.13 bits per heavy atom. The number of fused-ring (bicyclic) bond motifs is 1. The van der Waals surface area contributed by atoms with E-state index in [9.17, 15) is 9.59 Å². The van der Waals surface area contributed by atoms with Gasteiger partial charge in [-0.15, -0.1) is 11.3 Å². The molecule has 1 aromatic carbocycles. The number of anilines is 1. The maximum atomic E-state index is 13.0. The first-order chi connectivity index (χ1) is 18.9. The number of nitrogens with zero attached hydrogens (tertiary/aromatic N) is 3. The van der Waals surface area contributed by atoms with Crippen molar-refractivity contribution in [3.05, 3.63) is 76.1 Å². The molecule has 1 aliphatic heterocycles. The van der Waals surface area contributed by atoms with Gasteiger partial charge in [0.25, 0.3) is 11.8 Å². The third kappa shape index (κ3) is 5.41. The van der Waals surface area contributed by atoms with Gasteiger partial charge >= 0.3 is 0 Å². The van der Waals surface area contributed by atoms with E-state index in [-0.39, 0.29) is 11.8 Å². The number of rotatable bonds is 9. The van der Waals surface area contributed by atoms with Crippen LogP contribution in [0, 0.1) is 13.8 Å². The first-order valence-corrected chi connectivity index (χ1v) is 14.0. The Morgan fingerprint density at radius 3 is 2.64 bits per heavy atom. The molecule has 9 heteroatoms. The van der Waals surface area contributed by atoms with Gasteiger partial charge in [-0.3, -0.25) is 14.6 Å². The van der Waals surface area contributed by atoms with Crippen molar-refractivity contribution in [3.8, 4) is 22.0 Å². The van der Waals surface area contributed by atoms with E-state index >= 15 is 0 Å². The Bertz CT molecular complexity index is 1550. The van der Waals surface area contributed by atoms with E-state index in [2.05, 4.69) is 39.3 Å². The molecule has 0 saturated carbocycles. The predicted octanol–water partition coefficient (Wildman–Crippen LogP) is 5.38. The molecule has 0 unspecified atom stereocenters. The fourth-order valence-corrected chi connectivity index (χ4v) is 5.66. The number of thiazole rings is 1. The Balaban J connectivity index is 1.41. The second kappa shape index (κ2) is 11.3. The standard InChI is InChI=1S/C30H32N6O2S/c1-5-36(6-2)13-12-31-29(38)27-18(3)23(33-19(27)4)15-22-21-14-24(32-16-25(21)34-28(22)37)26-17-39-30(35-26)20-10-8-7-9-11-20/h7-11,14-17,33H,5-6,12-13H2,1-4H3,(H,31,38)(H,34,37)/b22-15-. The molecule has 0 bridgehead atoms. The van der Waals surface area contributed by atoms with E-state index in [0.717, 1.165) is 58.4 Å². The number of amides is 2. The third-order valence-electron chi connectivity index (χ3n) is 7.07. The maximum Gasteiger partial charge on any atom is 0.256 e. The van der Waals surface area contributed by atoms with Crippen LogP contribution in [0.2, 0.25) is 0 Å². The van der Waals surface area contributed by atoms with Gasteiger partial charge in [-0.2, -0.15) is 0 Å². The SMILES string of the molecule is CCN(CC)CCNC(=O)c1c(C)[nH]c(/C=C2\C(=O)Nc3cnc(-c4csc(-c5ccccc5)n4)cc32)c1C. The van der Waals surface area contributed by atoms with Gasteiger partial charge in [-0.25, -0.2) is 4.98 Å². The Kier molecular flexibility index (Phi) is 7.72. The number of carbonyl (C=O) groups is 2. The molecule has 4 heterocycles. The molecular formula is C30H32N6O2S. The Labute approximate surface area is 232 Å². The second-order valence-corrected chi connectivity index (χ2v) is 10.3.